The molecule has 0 aliphatic carbocycles. The topological polar surface area (TPSA) is 33.6 Å². The fraction of sp³-hybridized carbons (Fsp3) is 0.109. The van der Waals surface area contributed by atoms with Gasteiger partial charge in [-0.05, 0) is 116 Å². The highest BCUT2D eigenvalue weighted by atomic mass is 19.4. The van der Waals surface area contributed by atoms with Crippen LogP contribution in [0.2, 0.25) is 0 Å². The molecule has 0 radical (unpaired) electrons. The highest BCUT2D eigenvalue weighted by Crippen LogP contribution is 2.48. The summed E-state index contributed by atoms with van der Waals surface area (Å²) in [6.45, 7) is 8.11. The Morgan fingerprint density at radius 1 is 0.422 bits per heavy atom. The molecule has 0 atom stereocenters. The van der Waals surface area contributed by atoms with Gasteiger partial charge in [0.05, 0.1) is 56.2 Å². The van der Waals surface area contributed by atoms with Crippen LogP contribution in [0.3, 0.4) is 0 Å². The van der Waals surface area contributed by atoms with Crippen molar-refractivity contribution in [2.75, 3.05) is 0 Å². The summed E-state index contributed by atoms with van der Waals surface area (Å²) in [5, 5.41) is 14.0. The molecule has 10 rings (SSSR count). The third-order valence-electron chi connectivity index (χ3n) is 12.1. The van der Waals surface area contributed by atoms with Gasteiger partial charge in [0.1, 0.15) is 0 Å². The Morgan fingerprint density at radius 3 is 1.28 bits per heavy atom. The molecule has 0 spiro atoms. The van der Waals surface area contributed by atoms with E-state index >= 15 is 13.2 Å². The molecule has 314 valence electrons. The Morgan fingerprint density at radius 2 is 0.859 bits per heavy atom. The van der Waals surface area contributed by atoms with Crippen molar-refractivity contribution < 1.29 is 26.3 Å². The molecule has 0 amide bonds. The molecule has 0 aliphatic rings. The van der Waals surface area contributed by atoms with E-state index in [-0.39, 0.29) is 28.6 Å². The molecule has 64 heavy (non-hydrogen) atoms. The van der Waals surface area contributed by atoms with E-state index in [0.717, 1.165) is 72.1 Å². The van der Waals surface area contributed by atoms with Crippen LogP contribution in [0.25, 0.3) is 88.4 Å². The van der Waals surface area contributed by atoms with E-state index in [9.17, 15) is 18.4 Å². The number of para-hydroxylation sites is 2. The van der Waals surface area contributed by atoms with Crippen molar-refractivity contribution in [3.63, 3.8) is 0 Å². The highest BCUT2D eigenvalue weighted by molar-refractivity contribution is 6.13. The van der Waals surface area contributed by atoms with Crippen molar-refractivity contribution in [2.24, 2.45) is 0 Å². The van der Waals surface area contributed by atoms with Gasteiger partial charge in [-0.3, -0.25) is 0 Å². The van der Waals surface area contributed by atoms with E-state index in [1.165, 1.54) is 12.1 Å². The van der Waals surface area contributed by atoms with Gasteiger partial charge in [0.25, 0.3) is 0 Å². The van der Waals surface area contributed by atoms with Crippen molar-refractivity contribution in [3.8, 4) is 50.8 Å². The first kappa shape index (κ1) is 40.5. The maximum Gasteiger partial charge on any atom is 0.417 e. The Bertz CT molecular complexity index is 3360. The molecule has 8 aromatic carbocycles. The maximum absolute atomic E-state index is 15.5. The first-order valence-corrected chi connectivity index (χ1v) is 20.7. The zero-order valence-electron chi connectivity index (χ0n) is 35.0. The van der Waals surface area contributed by atoms with Gasteiger partial charge in [0.2, 0.25) is 0 Å². The SMILES string of the molecule is Cc1cc(C)cc(-c2ccc3c(c2)c2ccccc2n3-c2cc(C#N)cc(-n3c4ccccc4c4cc(-c5cc(C)cc(C)c5)ccc43)c2-c2ccc(C(F)(F)F)cc2C(F)(F)F)c1. The molecule has 0 unspecified atom stereocenters. The Labute approximate surface area is 364 Å². The van der Waals surface area contributed by atoms with E-state index in [1.807, 2.05) is 110 Å². The van der Waals surface area contributed by atoms with Gasteiger partial charge in [0.15, 0.2) is 0 Å². The first-order valence-electron chi connectivity index (χ1n) is 20.7. The number of rotatable bonds is 5. The summed E-state index contributed by atoms with van der Waals surface area (Å²) in [5.74, 6) is 0. The van der Waals surface area contributed by atoms with Gasteiger partial charge in [-0.2, -0.15) is 31.6 Å². The average molecular weight is 854 g/mol. The molecule has 0 saturated carbocycles. The van der Waals surface area contributed by atoms with Gasteiger partial charge in [0, 0.05) is 27.1 Å². The molecule has 3 nitrogen and oxygen atoms in total. The van der Waals surface area contributed by atoms with Crippen LogP contribution in [0.5, 0.6) is 0 Å². The monoisotopic (exact) mass is 853 g/mol. The largest absolute Gasteiger partial charge is 0.417 e. The van der Waals surface area contributed by atoms with Crippen LogP contribution in [0.4, 0.5) is 26.3 Å². The molecule has 9 heteroatoms. The van der Waals surface area contributed by atoms with Crippen molar-refractivity contribution in [1.29, 1.82) is 5.26 Å². The van der Waals surface area contributed by atoms with Crippen LogP contribution in [0.1, 0.15) is 38.9 Å². The van der Waals surface area contributed by atoms with Crippen molar-refractivity contribution in [1.82, 2.24) is 9.13 Å². The van der Waals surface area contributed by atoms with Gasteiger partial charge >= 0.3 is 12.4 Å². The molecule has 0 fully saturated rings. The normalized spacial score (nSPS) is 12.2. The minimum Gasteiger partial charge on any atom is -0.308 e. The number of fused-ring (bicyclic) bond motifs is 6. The van der Waals surface area contributed by atoms with Crippen LogP contribution in [0.15, 0.2) is 152 Å². The quantitative estimate of drug-likeness (QED) is 0.159. The van der Waals surface area contributed by atoms with Gasteiger partial charge in [-0.1, -0.05) is 113 Å². The molecule has 2 heterocycles. The summed E-state index contributed by atoms with van der Waals surface area (Å²) in [6.07, 6.45) is -10.3. The highest BCUT2D eigenvalue weighted by Gasteiger charge is 2.40. The summed E-state index contributed by atoms with van der Waals surface area (Å²) in [7, 11) is 0. The second kappa shape index (κ2) is 14.8. The maximum atomic E-state index is 15.5. The molecule has 0 aliphatic heterocycles. The summed E-state index contributed by atoms with van der Waals surface area (Å²) >= 11 is 0. The third-order valence-corrected chi connectivity index (χ3v) is 12.1. The zero-order chi connectivity index (χ0) is 44.8. The van der Waals surface area contributed by atoms with E-state index in [1.54, 1.807) is 0 Å². The number of nitriles is 1. The van der Waals surface area contributed by atoms with Gasteiger partial charge < -0.3 is 9.13 Å². The summed E-state index contributed by atoms with van der Waals surface area (Å²) in [4.78, 5) is 0. The minimum absolute atomic E-state index is 0.00197. The van der Waals surface area contributed by atoms with Crippen LogP contribution in [-0.4, -0.2) is 9.13 Å². The smallest absolute Gasteiger partial charge is 0.308 e. The van der Waals surface area contributed by atoms with E-state index in [4.69, 9.17) is 0 Å². The van der Waals surface area contributed by atoms with Gasteiger partial charge in [-0.25, -0.2) is 0 Å². The van der Waals surface area contributed by atoms with Crippen molar-refractivity contribution in [2.45, 2.75) is 40.0 Å². The van der Waals surface area contributed by atoms with E-state index < -0.39 is 29.0 Å². The van der Waals surface area contributed by atoms with Crippen LogP contribution in [-0.2, 0) is 12.4 Å². The van der Waals surface area contributed by atoms with Crippen LogP contribution in [0, 0.1) is 39.0 Å². The predicted molar refractivity (Wildman–Crippen MR) is 245 cm³/mol. The number of halogens is 6. The molecule has 0 saturated heterocycles. The number of hydrogen-bond donors (Lipinski definition) is 0. The second-order valence-electron chi connectivity index (χ2n) is 16.7. The zero-order valence-corrected chi connectivity index (χ0v) is 35.0. The Balaban J connectivity index is 1.36. The lowest BCUT2D eigenvalue weighted by Gasteiger charge is -2.24. The second-order valence-corrected chi connectivity index (χ2v) is 16.7. The Kier molecular flexibility index (Phi) is 9.35. The molecule has 10 aromatic rings. The number of aryl methyl sites for hydroxylation is 4. The van der Waals surface area contributed by atoms with E-state index in [0.29, 0.717) is 28.1 Å². The van der Waals surface area contributed by atoms with Crippen molar-refractivity contribution in [3.05, 3.63) is 191 Å². The number of alkyl halides is 6. The average Bonchev–Trinajstić information content (AvgIpc) is 3.76. The minimum atomic E-state index is -5.21. The van der Waals surface area contributed by atoms with Gasteiger partial charge in [-0.15, -0.1) is 0 Å². The number of benzene rings is 8. The predicted octanol–water partition coefficient (Wildman–Crippen LogP) is 16.0. The summed E-state index contributed by atoms with van der Waals surface area (Å²) in [6, 6.07) is 46.5. The fourth-order valence-corrected chi connectivity index (χ4v) is 9.58. The van der Waals surface area contributed by atoms with Crippen molar-refractivity contribution >= 4 is 43.6 Å². The molecular weight excluding hydrogens is 817 g/mol. The first-order chi connectivity index (χ1) is 30.6. The number of nitrogens with zero attached hydrogens (tertiary/aromatic N) is 3. The molecular formula is C55H37F6N3. The lowest BCUT2D eigenvalue weighted by molar-refractivity contribution is -0.142. The molecule has 0 bridgehead atoms. The number of aromatic nitrogens is 2. The van der Waals surface area contributed by atoms with Crippen LogP contribution >= 0.6 is 0 Å². The third kappa shape index (κ3) is 6.78. The lowest BCUT2D eigenvalue weighted by Crippen LogP contribution is -2.14. The molecule has 0 N–H and O–H groups in total. The van der Waals surface area contributed by atoms with Crippen LogP contribution < -0.4 is 0 Å². The standard InChI is InChI=1S/C55H37F6N3/c1-31-19-32(2)22-38(21-31)36-13-17-49-44(27-36)41-9-5-7-11-47(41)63(49)51-25-35(30-62)26-52(53(51)43-16-15-40(54(56,57)58)29-46(43)55(59,60)61)64-48-12-8-6-10-42(48)45-28-37(14-18-50(45)64)39-23-33(3)20-34(4)24-39/h5-29H,1-4H3. The lowest BCUT2D eigenvalue weighted by atomic mass is 9.92. The molecule has 2 aromatic heterocycles. The fourth-order valence-electron chi connectivity index (χ4n) is 9.58. The van der Waals surface area contributed by atoms with E-state index in [2.05, 4.69) is 54.6 Å². The Hall–Kier alpha value is -7.57. The number of hydrogen-bond acceptors (Lipinski definition) is 1. The summed E-state index contributed by atoms with van der Waals surface area (Å²) < 4.78 is 93.0. The summed E-state index contributed by atoms with van der Waals surface area (Å²) in [5.41, 5.74) is 7.96.